The minimum Gasteiger partial charge on any atom is -0.353 e. The van der Waals surface area contributed by atoms with Crippen LogP contribution in [-0.4, -0.2) is 77.8 Å². The summed E-state index contributed by atoms with van der Waals surface area (Å²) in [7, 11) is 2.07. The number of benzene rings is 1. The molecule has 1 amide bonds. The Morgan fingerprint density at radius 1 is 1.05 bits per heavy atom. The van der Waals surface area contributed by atoms with E-state index in [1.807, 2.05) is 23.1 Å². The fourth-order valence-electron chi connectivity index (χ4n) is 6.21. The molecule has 0 atom stereocenters. The maximum Gasteiger partial charge on any atom is 0.354 e. The van der Waals surface area contributed by atoms with Crippen molar-refractivity contribution in [3.05, 3.63) is 52.6 Å². The van der Waals surface area contributed by atoms with Crippen LogP contribution in [0.15, 0.2) is 41.3 Å². The van der Waals surface area contributed by atoms with Crippen molar-refractivity contribution in [2.45, 2.75) is 63.6 Å². The summed E-state index contributed by atoms with van der Waals surface area (Å²) in [4.78, 5) is 33.4. The first-order valence-electron chi connectivity index (χ1n) is 13.6. The minimum atomic E-state index is -0.876. The Morgan fingerprint density at radius 3 is 2.30 bits per heavy atom. The maximum atomic E-state index is 12.8. The molecule has 2 aliphatic carbocycles. The molecule has 3 fully saturated rings. The minimum absolute atomic E-state index is 0.0530. The van der Waals surface area contributed by atoms with Gasteiger partial charge in [0.05, 0.1) is 11.2 Å². The highest BCUT2D eigenvalue weighted by Gasteiger charge is 2.52. The molecule has 4 N–H and O–H groups in total. The first-order chi connectivity index (χ1) is 17.7. The lowest BCUT2D eigenvalue weighted by Gasteiger charge is -2.58. The summed E-state index contributed by atoms with van der Waals surface area (Å²) in [5, 5.41) is 7.10. The molecule has 1 aliphatic heterocycles. The number of carbonyl (C=O) groups is 1. The number of nitrogens with zero attached hydrogens (tertiary/aromatic N) is 4. The molecule has 37 heavy (non-hydrogen) atoms. The van der Waals surface area contributed by atoms with Crippen LogP contribution in [0.25, 0.3) is 5.69 Å². The van der Waals surface area contributed by atoms with Crippen LogP contribution in [0.1, 0.15) is 45.1 Å². The predicted molar refractivity (Wildman–Crippen MR) is 146 cm³/mol. The van der Waals surface area contributed by atoms with Crippen molar-refractivity contribution in [3.8, 4) is 5.69 Å². The fourth-order valence-corrected chi connectivity index (χ4v) is 6.21. The Labute approximate surface area is 219 Å². The molecule has 9 heteroatoms. The highest BCUT2D eigenvalue weighted by molar-refractivity contribution is 5.85. The van der Waals surface area contributed by atoms with Gasteiger partial charge in [-0.1, -0.05) is 12.1 Å². The van der Waals surface area contributed by atoms with E-state index in [1.165, 1.54) is 31.2 Å². The Morgan fingerprint density at radius 2 is 1.70 bits per heavy atom. The molecule has 2 saturated carbocycles. The number of hydrogen-bond donors (Lipinski definition) is 3. The van der Waals surface area contributed by atoms with Crippen molar-refractivity contribution in [1.82, 2.24) is 25.1 Å². The zero-order valence-electron chi connectivity index (χ0n) is 22.4. The monoisotopic (exact) mass is 507 g/mol. The van der Waals surface area contributed by atoms with Gasteiger partial charge in [0.1, 0.15) is 5.82 Å². The zero-order chi connectivity index (χ0) is 26.2. The van der Waals surface area contributed by atoms with E-state index >= 15 is 0 Å². The molecular weight excluding hydrogens is 466 g/mol. The standard InChI is InChI=1S/C28H41N7O2/c1-27(2,29)25(36)34-14-12-33(13-15-34)24-9-11-35(26(37)32-24)23-6-4-20(5-7-23)8-10-31-22-18-28(19-22)16-21(17-28)30-3/h4-7,9,11,21-22,30-31H,8,10,12-19,29H2,1-3H3. The SMILES string of the molecule is CNC1CC2(C1)CC(NCCc1ccc(-n3ccc(N4CCN(C(=O)C(C)(C)N)CC4)nc3=O)cc1)C2. The Hall–Kier alpha value is -2.75. The Balaban J connectivity index is 1.10. The normalized spacial score (nSPS) is 25.6. The second-order valence-corrected chi connectivity index (χ2v) is 11.8. The molecule has 3 aliphatic rings. The quantitative estimate of drug-likeness (QED) is 0.494. The highest BCUT2D eigenvalue weighted by atomic mass is 16.2. The summed E-state index contributed by atoms with van der Waals surface area (Å²) in [6.45, 7) is 6.82. The molecule has 0 bridgehead atoms. The summed E-state index contributed by atoms with van der Waals surface area (Å²) in [5.74, 6) is 0.590. The van der Waals surface area contributed by atoms with Gasteiger partial charge in [0.15, 0.2) is 0 Å². The number of nitrogens with one attached hydrogen (secondary N) is 2. The molecule has 2 aromatic rings. The van der Waals surface area contributed by atoms with Gasteiger partial charge in [0.2, 0.25) is 5.91 Å². The molecule has 1 aromatic heterocycles. The van der Waals surface area contributed by atoms with Crippen molar-refractivity contribution in [1.29, 1.82) is 0 Å². The van der Waals surface area contributed by atoms with E-state index in [9.17, 15) is 9.59 Å². The van der Waals surface area contributed by atoms with Crippen LogP contribution in [0.4, 0.5) is 5.82 Å². The Bertz CT molecular complexity index is 1150. The lowest BCUT2D eigenvalue weighted by atomic mass is 9.52. The Kier molecular flexibility index (Phi) is 7.13. The smallest absolute Gasteiger partial charge is 0.353 e. The van der Waals surface area contributed by atoms with Crippen molar-refractivity contribution in [2.75, 3.05) is 44.7 Å². The van der Waals surface area contributed by atoms with E-state index in [-0.39, 0.29) is 11.6 Å². The van der Waals surface area contributed by atoms with E-state index in [4.69, 9.17) is 5.73 Å². The molecule has 0 radical (unpaired) electrons. The number of amides is 1. The lowest BCUT2D eigenvalue weighted by molar-refractivity contribution is -0.136. The number of anilines is 1. The van der Waals surface area contributed by atoms with Gasteiger partial charge in [-0.3, -0.25) is 9.36 Å². The van der Waals surface area contributed by atoms with Crippen LogP contribution >= 0.6 is 0 Å². The molecule has 9 nitrogen and oxygen atoms in total. The molecule has 2 heterocycles. The summed E-state index contributed by atoms with van der Waals surface area (Å²) < 4.78 is 1.58. The number of piperazine rings is 1. The van der Waals surface area contributed by atoms with E-state index in [0.29, 0.717) is 43.5 Å². The van der Waals surface area contributed by atoms with Gasteiger partial charge >= 0.3 is 5.69 Å². The fraction of sp³-hybridized carbons (Fsp3) is 0.607. The number of carbonyl (C=O) groups excluding carboxylic acids is 1. The average molecular weight is 508 g/mol. The zero-order valence-corrected chi connectivity index (χ0v) is 22.4. The van der Waals surface area contributed by atoms with Crippen molar-refractivity contribution in [3.63, 3.8) is 0 Å². The van der Waals surface area contributed by atoms with Gasteiger partial charge in [-0.2, -0.15) is 4.98 Å². The van der Waals surface area contributed by atoms with Crippen molar-refractivity contribution < 1.29 is 4.79 Å². The van der Waals surface area contributed by atoms with Crippen LogP contribution in [-0.2, 0) is 11.2 Å². The first-order valence-corrected chi connectivity index (χ1v) is 13.6. The van der Waals surface area contributed by atoms with Gasteiger partial charge in [-0.15, -0.1) is 0 Å². The van der Waals surface area contributed by atoms with E-state index in [1.54, 1.807) is 29.5 Å². The average Bonchev–Trinajstić information content (AvgIpc) is 2.84. The van der Waals surface area contributed by atoms with Gasteiger partial charge in [-0.05, 0) is 88.7 Å². The van der Waals surface area contributed by atoms with E-state index < -0.39 is 5.54 Å². The third-order valence-electron chi connectivity index (χ3n) is 8.42. The predicted octanol–water partition coefficient (Wildman–Crippen LogP) is 1.28. The van der Waals surface area contributed by atoms with Crippen molar-refractivity contribution in [2.24, 2.45) is 11.1 Å². The summed E-state index contributed by atoms with van der Waals surface area (Å²) >= 11 is 0. The van der Waals surface area contributed by atoms with E-state index in [0.717, 1.165) is 24.7 Å². The highest BCUT2D eigenvalue weighted by Crippen LogP contribution is 2.55. The summed E-state index contributed by atoms with van der Waals surface area (Å²) in [6, 6.07) is 11.4. The van der Waals surface area contributed by atoms with E-state index in [2.05, 4.69) is 34.8 Å². The molecule has 200 valence electrons. The lowest BCUT2D eigenvalue weighted by Crippen LogP contribution is -2.59. The summed E-state index contributed by atoms with van der Waals surface area (Å²) in [5.41, 5.74) is 7.47. The van der Waals surface area contributed by atoms with Crippen molar-refractivity contribution >= 4 is 11.7 Å². The topological polar surface area (TPSA) is 109 Å². The molecule has 1 aromatic carbocycles. The molecular formula is C28H41N7O2. The second-order valence-electron chi connectivity index (χ2n) is 11.8. The first kappa shape index (κ1) is 25.9. The van der Waals surface area contributed by atoms with Gasteiger partial charge < -0.3 is 26.2 Å². The van der Waals surface area contributed by atoms with Gasteiger partial charge in [0.25, 0.3) is 0 Å². The van der Waals surface area contributed by atoms with Crippen LogP contribution < -0.4 is 27.0 Å². The number of aromatic nitrogens is 2. The third kappa shape index (κ3) is 5.58. The largest absolute Gasteiger partial charge is 0.354 e. The van der Waals surface area contributed by atoms with Crippen LogP contribution in [0.3, 0.4) is 0 Å². The number of rotatable bonds is 8. The maximum absolute atomic E-state index is 12.8. The summed E-state index contributed by atoms with van der Waals surface area (Å²) in [6.07, 6.45) is 8.07. The van der Waals surface area contributed by atoms with Gasteiger partial charge in [0, 0.05) is 44.5 Å². The van der Waals surface area contributed by atoms with Gasteiger partial charge in [-0.25, -0.2) is 4.79 Å². The van der Waals surface area contributed by atoms with Crippen LogP contribution in [0, 0.1) is 5.41 Å². The molecule has 5 rings (SSSR count). The van der Waals surface area contributed by atoms with Crippen LogP contribution in [0.2, 0.25) is 0 Å². The second kappa shape index (κ2) is 10.2. The number of hydrogen-bond acceptors (Lipinski definition) is 7. The number of nitrogens with two attached hydrogens (primary N) is 1. The third-order valence-corrected chi connectivity index (χ3v) is 8.42. The molecule has 0 unspecified atom stereocenters. The molecule has 1 spiro atoms. The molecule has 1 saturated heterocycles. The van der Waals surface area contributed by atoms with Crippen LogP contribution in [0.5, 0.6) is 0 Å².